The van der Waals surface area contributed by atoms with E-state index in [1.54, 1.807) is 53.4 Å². The van der Waals surface area contributed by atoms with E-state index in [4.69, 9.17) is 10.00 Å². The molecule has 8 heteroatoms. The molecule has 1 amide bonds. The summed E-state index contributed by atoms with van der Waals surface area (Å²) in [4.78, 5) is 43.3. The molecule has 3 aromatic rings. The number of rotatable bonds is 5. The number of carbonyl (C=O) groups is 2. The molecular formula is C23H20N4O4. The molecule has 1 aromatic heterocycles. The molecule has 0 spiro atoms. The lowest BCUT2D eigenvalue weighted by atomic mass is 10.1. The maximum Gasteiger partial charge on any atom is 0.338 e. The van der Waals surface area contributed by atoms with Crippen LogP contribution < -0.4 is 10.5 Å². The number of nitrogens with zero attached hydrogens (tertiary/aromatic N) is 4. The van der Waals surface area contributed by atoms with E-state index < -0.39 is 5.97 Å². The monoisotopic (exact) mass is 416 g/mol. The molecule has 0 N–H and O–H groups in total. The Kier molecular flexibility index (Phi) is 5.76. The summed E-state index contributed by atoms with van der Waals surface area (Å²) in [6, 6.07) is 15.4. The van der Waals surface area contributed by atoms with Gasteiger partial charge in [0.15, 0.2) is 5.82 Å². The highest BCUT2D eigenvalue weighted by molar-refractivity contribution is 5.95. The number of piperidine rings is 1. The Balaban J connectivity index is 1.51. The lowest BCUT2D eigenvalue weighted by Crippen LogP contribution is -2.35. The van der Waals surface area contributed by atoms with Gasteiger partial charge in [0, 0.05) is 18.7 Å². The highest BCUT2D eigenvalue weighted by atomic mass is 16.5. The Labute approximate surface area is 178 Å². The zero-order valence-electron chi connectivity index (χ0n) is 16.8. The minimum Gasteiger partial charge on any atom is -0.454 e. The third-order valence-electron chi connectivity index (χ3n) is 5.24. The first-order valence-electron chi connectivity index (χ1n) is 10.0. The number of hydrogen-bond donors (Lipinski definition) is 0. The first kappa shape index (κ1) is 20.3. The number of carbonyl (C=O) groups excluding carboxylic acids is 2. The molecule has 0 saturated carbocycles. The van der Waals surface area contributed by atoms with E-state index in [-0.39, 0.29) is 30.4 Å². The second kappa shape index (κ2) is 8.79. The molecule has 8 nitrogen and oxygen atoms in total. The number of ether oxygens (including phenoxy) is 1. The minimum absolute atomic E-state index is 0.0828. The molecule has 31 heavy (non-hydrogen) atoms. The standard InChI is InChI=1S/C23H20N4O4/c24-12-14-27-20(25-19-6-2-1-5-18(19)22(27)29)15-31-23(30)16-8-10-17(11-9-16)26-13-4-3-7-21(26)28/h1-2,5-6,8-11H,3-4,7,13-15H2. The van der Waals surface area contributed by atoms with Crippen molar-refractivity contribution < 1.29 is 14.3 Å². The lowest BCUT2D eigenvalue weighted by molar-refractivity contribution is -0.119. The summed E-state index contributed by atoms with van der Waals surface area (Å²) in [6.45, 7) is 0.238. The normalized spacial score (nSPS) is 13.8. The van der Waals surface area contributed by atoms with E-state index >= 15 is 0 Å². The molecule has 1 saturated heterocycles. The molecule has 0 aliphatic carbocycles. The summed E-state index contributed by atoms with van der Waals surface area (Å²) in [5, 5.41) is 9.47. The molecule has 2 heterocycles. The third kappa shape index (κ3) is 4.16. The molecule has 4 rings (SSSR count). The van der Waals surface area contributed by atoms with E-state index in [1.165, 1.54) is 4.57 Å². The van der Waals surface area contributed by atoms with Crippen LogP contribution in [0.1, 0.15) is 35.4 Å². The van der Waals surface area contributed by atoms with Crippen LogP contribution >= 0.6 is 0 Å². The van der Waals surface area contributed by atoms with Crippen LogP contribution in [-0.4, -0.2) is 28.0 Å². The van der Waals surface area contributed by atoms with Crippen LogP contribution in [0, 0.1) is 11.3 Å². The number of para-hydroxylation sites is 1. The summed E-state index contributed by atoms with van der Waals surface area (Å²) in [6.07, 6.45) is 2.39. The molecule has 0 unspecified atom stereocenters. The van der Waals surface area contributed by atoms with Gasteiger partial charge in [0.25, 0.3) is 5.56 Å². The average Bonchev–Trinajstić information content (AvgIpc) is 2.80. The second-order valence-corrected chi connectivity index (χ2v) is 7.22. The zero-order valence-corrected chi connectivity index (χ0v) is 16.8. The number of amides is 1. The van der Waals surface area contributed by atoms with Crippen molar-refractivity contribution in [3.63, 3.8) is 0 Å². The molecule has 0 radical (unpaired) electrons. The number of hydrogen-bond acceptors (Lipinski definition) is 6. The Hall–Kier alpha value is -3.99. The van der Waals surface area contributed by atoms with Crippen molar-refractivity contribution >= 4 is 28.5 Å². The SMILES string of the molecule is N#CCn1c(COC(=O)c2ccc(N3CCCCC3=O)cc2)nc2ccccc2c1=O. The van der Waals surface area contributed by atoms with Gasteiger partial charge in [0.05, 0.1) is 22.5 Å². The second-order valence-electron chi connectivity index (χ2n) is 7.22. The van der Waals surface area contributed by atoms with Crippen molar-refractivity contribution in [1.82, 2.24) is 9.55 Å². The summed E-state index contributed by atoms with van der Waals surface area (Å²) in [5.41, 5.74) is 1.19. The average molecular weight is 416 g/mol. The van der Waals surface area contributed by atoms with Gasteiger partial charge in [-0.25, -0.2) is 9.78 Å². The molecule has 1 fully saturated rings. The van der Waals surface area contributed by atoms with E-state index in [2.05, 4.69) is 4.98 Å². The fraction of sp³-hybridized carbons (Fsp3) is 0.261. The van der Waals surface area contributed by atoms with Crippen molar-refractivity contribution in [3.05, 3.63) is 70.3 Å². The van der Waals surface area contributed by atoms with Crippen molar-refractivity contribution in [2.75, 3.05) is 11.4 Å². The van der Waals surface area contributed by atoms with Gasteiger partial charge < -0.3 is 9.64 Å². The largest absolute Gasteiger partial charge is 0.454 e. The minimum atomic E-state index is -0.581. The summed E-state index contributed by atoms with van der Waals surface area (Å²) >= 11 is 0. The summed E-state index contributed by atoms with van der Waals surface area (Å²) in [7, 11) is 0. The van der Waals surface area contributed by atoms with Crippen molar-refractivity contribution in [2.24, 2.45) is 0 Å². The van der Waals surface area contributed by atoms with Gasteiger partial charge in [-0.2, -0.15) is 5.26 Å². The maximum atomic E-state index is 12.7. The topological polar surface area (TPSA) is 105 Å². The molecule has 156 valence electrons. The van der Waals surface area contributed by atoms with Crippen molar-refractivity contribution in [1.29, 1.82) is 5.26 Å². The van der Waals surface area contributed by atoms with Crippen molar-refractivity contribution in [3.8, 4) is 6.07 Å². The van der Waals surface area contributed by atoms with Gasteiger partial charge in [-0.15, -0.1) is 0 Å². The summed E-state index contributed by atoms with van der Waals surface area (Å²) in [5.74, 6) is -0.295. The van der Waals surface area contributed by atoms with Crippen LogP contribution in [0.15, 0.2) is 53.3 Å². The Morgan fingerprint density at radius 1 is 1.10 bits per heavy atom. The molecule has 2 aromatic carbocycles. The van der Waals surface area contributed by atoms with Gasteiger partial charge in [-0.1, -0.05) is 12.1 Å². The smallest absolute Gasteiger partial charge is 0.338 e. The number of anilines is 1. The third-order valence-corrected chi connectivity index (χ3v) is 5.24. The maximum absolute atomic E-state index is 12.7. The Morgan fingerprint density at radius 2 is 1.87 bits per heavy atom. The summed E-state index contributed by atoms with van der Waals surface area (Å²) < 4.78 is 6.57. The van der Waals surface area contributed by atoms with Crippen LogP contribution in [0.3, 0.4) is 0 Å². The molecule has 1 aliphatic heterocycles. The molecule has 0 bridgehead atoms. The van der Waals surface area contributed by atoms with Crippen LogP contribution in [0.4, 0.5) is 5.69 Å². The number of nitriles is 1. The fourth-order valence-electron chi connectivity index (χ4n) is 3.63. The predicted molar refractivity (Wildman–Crippen MR) is 113 cm³/mol. The highest BCUT2D eigenvalue weighted by Crippen LogP contribution is 2.21. The fourth-order valence-corrected chi connectivity index (χ4v) is 3.63. The van der Waals surface area contributed by atoms with Crippen molar-refractivity contribution in [2.45, 2.75) is 32.4 Å². The van der Waals surface area contributed by atoms with Crippen LogP contribution in [0.5, 0.6) is 0 Å². The van der Waals surface area contributed by atoms with Gasteiger partial charge >= 0.3 is 5.97 Å². The van der Waals surface area contributed by atoms with Gasteiger partial charge in [-0.3, -0.25) is 14.2 Å². The number of fused-ring (bicyclic) bond motifs is 1. The Bertz CT molecular complexity index is 1240. The van der Waals surface area contributed by atoms with E-state index in [0.717, 1.165) is 18.5 Å². The highest BCUT2D eigenvalue weighted by Gasteiger charge is 2.20. The van der Waals surface area contributed by atoms with E-state index in [0.29, 0.717) is 29.4 Å². The lowest BCUT2D eigenvalue weighted by Gasteiger charge is -2.26. The van der Waals surface area contributed by atoms with Crippen LogP contribution in [0.25, 0.3) is 10.9 Å². The first-order valence-corrected chi connectivity index (χ1v) is 10.0. The molecule has 0 atom stereocenters. The number of aromatic nitrogens is 2. The number of esters is 1. The van der Waals surface area contributed by atoms with Crippen LogP contribution in [0.2, 0.25) is 0 Å². The number of benzene rings is 2. The molecule has 1 aliphatic rings. The van der Waals surface area contributed by atoms with E-state index in [1.807, 2.05) is 6.07 Å². The van der Waals surface area contributed by atoms with Gasteiger partial charge in [-0.05, 0) is 49.2 Å². The van der Waals surface area contributed by atoms with Gasteiger partial charge in [0.2, 0.25) is 5.91 Å². The molecular weight excluding hydrogens is 396 g/mol. The quantitative estimate of drug-likeness (QED) is 0.592. The zero-order chi connectivity index (χ0) is 21.8. The predicted octanol–water partition coefficient (Wildman–Crippen LogP) is 2.79. The van der Waals surface area contributed by atoms with Crippen LogP contribution in [-0.2, 0) is 22.7 Å². The first-order chi connectivity index (χ1) is 15.1. The van der Waals surface area contributed by atoms with Gasteiger partial charge in [0.1, 0.15) is 13.2 Å². The Morgan fingerprint density at radius 3 is 2.61 bits per heavy atom. The van der Waals surface area contributed by atoms with E-state index in [9.17, 15) is 14.4 Å².